The summed E-state index contributed by atoms with van der Waals surface area (Å²) in [7, 11) is 0. The number of rotatable bonds is 6. The van der Waals surface area contributed by atoms with Gasteiger partial charge in [-0.05, 0) is 50.2 Å². The summed E-state index contributed by atoms with van der Waals surface area (Å²) in [6, 6.07) is 9.19. The maximum absolute atomic E-state index is 12.7. The van der Waals surface area contributed by atoms with Gasteiger partial charge in [0.1, 0.15) is 6.61 Å². The van der Waals surface area contributed by atoms with Crippen molar-refractivity contribution in [1.82, 2.24) is 15.0 Å². The number of ether oxygens (including phenoxy) is 1. The number of aromatic nitrogens is 2. The summed E-state index contributed by atoms with van der Waals surface area (Å²) in [5, 5.41) is 7.05. The van der Waals surface area contributed by atoms with E-state index in [1.54, 1.807) is 4.90 Å². The zero-order valence-corrected chi connectivity index (χ0v) is 14.8. The van der Waals surface area contributed by atoms with Gasteiger partial charge in [-0.3, -0.25) is 0 Å². The second-order valence-corrected chi connectivity index (χ2v) is 7.01. The predicted molar refractivity (Wildman–Crippen MR) is 95.4 cm³/mol. The van der Waals surface area contributed by atoms with Gasteiger partial charge in [0.15, 0.2) is 5.82 Å². The number of urea groups is 1. The highest BCUT2D eigenvalue weighted by atomic mass is 16.5. The molecule has 2 amide bonds. The molecule has 2 aromatic rings. The van der Waals surface area contributed by atoms with Crippen molar-refractivity contribution in [2.75, 3.05) is 18.5 Å². The zero-order valence-electron chi connectivity index (χ0n) is 14.8. The van der Waals surface area contributed by atoms with Gasteiger partial charge in [0.05, 0.1) is 12.6 Å². The maximum atomic E-state index is 12.7. The van der Waals surface area contributed by atoms with Crippen LogP contribution in [0.15, 0.2) is 34.9 Å². The van der Waals surface area contributed by atoms with Crippen molar-refractivity contribution in [3.05, 3.63) is 42.0 Å². The van der Waals surface area contributed by atoms with Crippen LogP contribution in [0.5, 0.6) is 0 Å². The van der Waals surface area contributed by atoms with Gasteiger partial charge in [0.2, 0.25) is 0 Å². The normalized spacial score (nSPS) is 20.2. The third-order valence-electron chi connectivity index (χ3n) is 4.85. The molecule has 1 aromatic carbocycles. The summed E-state index contributed by atoms with van der Waals surface area (Å²) >= 11 is 0. The van der Waals surface area contributed by atoms with E-state index in [2.05, 4.69) is 15.5 Å². The van der Waals surface area contributed by atoms with E-state index in [1.807, 2.05) is 30.3 Å². The van der Waals surface area contributed by atoms with Crippen molar-refractivity contribution in [2.24, 2.45) is 5.92 Å². The molecule has 0 bridgehead atoms. The molecule has 7 heteroatoms. The topological polar surface area (TPSA) is 80.5 Å². The summed E-state index contributed by atoms with van der Waals surface area (Å²) in [5.41, 5.74) is 0.782. The first-order valence-electron chi connectivity index (χ1n) is 9.32. The van der Waals surface area contributed by atoms with E-state index in [1.165, 1.54) is 12.8 Å². The second-order valence-electron chi connectivity index (χ2n) is 7.01. The summed E-state index contributed by atoms with van der Waals surface area (Å²) in [5.74, 6) is 1.75. The van der Waals surface area contributed by atoms with Gasteiger partial charge < -0.3 is 19.5 Å². The molecule has 1 atom stereocenters. The monoisotopic (exact) mass is 356 g/mol. The van der Waals surface area contributed by atoms with Crippen LogP contribution in [0.3, 0.4) is 0 Å². The molecule has 1 saturated carbocycles. The molecular formula is C19H24N4O3. The van der Waals surface area contributed by atoms with Gasteiger partial charge in [-0.15, -0.1) is 0 Å². The molecule has 1 unspecified atom stereocenters. The largest absolute Gasteiger partial charge is 0.371 e. The Hall–Kier alpha value is -2.41. The van der Waals surface area contributed by atoms with Crippen LogP contribution in [0, 0.1) is 5.92 Å². The van der Waals surface area contributed by atoms with Crippen LogP contribution < -0.4 is 5.32 Å². The van der Waals surface area contributed by atoms with Gasteiger partial charge in [0, 0.05) is 12.2 Å². The number of para-hydroxylation sites is 1. The van der Waals surface area contributed by atoms with E-state index in [0.717, 1.165) is 31.6 Å². The van der Waals surface area contributed by atoms with Crippen molar-refractivity contribution < 1.29 is 14.1 Å². The molecule has 26 heavy (non-hydrogen) atoms. The minimum atomic E-state index is -0.159. The zero-order chi connectivity index (χ0) is 17.8. The van der Waals surface area contributed by atoms with Gasteiger partial charge in [0.25, 0.3) is 5.89 Å². The van der Waals surface area contributed by atoms with E-state index in [-0.39, 0.29) is 12.1 Å². The first kappa shape index (κ1) is 17.0. The lowest BCUT2D eigenvalue weighted by Gasteiger charge is -2.33. The Morgan fingerprint density at radius 3 is 2.88 bits per heavy atom. The van der Waals surface area contributed by atoms with Crippen molar-refractivity contribution in [3.8, 4) is 0 Å². The SMILES string of the molecule is O=C(Nc1ccccc1)N1CCCCC1c1noc(COCC2CC2)n1. The van der Waals surface area contributed by atoms with Crippen LogP contribution in [0.2, 0.25) is 0 Å². The fourth-order valence-corrected chi connectivity index (χ4v) is 3.22. The number of piperidine rings is 1. The maximum Gasteiger partial charge on any atom is 0.322 e. The molecule has 138 valence electrons. The fourth-order valence-electron chi connectivity index (χ4n) is 3.22. The molecule has 1 aliphatic heterocycles. The molecule has 1 aliphatic carbocycles. The van der Waals surface area contributed by atoms with E-state index < -0.39 is 0 Å². The number of carbonyl (C=O) groups excluding carboxylic acids is 1. The summed E-state index contributed by atoms with van der Waals surface area (Å²) in [4.78, 5) is 19.0. The van der Waals surface area contributed by atoms with Crippen molar-refractivity contribution in [3.63, 3.8) is 0 Å². The van der Waals surface area contributed by atoms with Crippen LogP contribution in [0.4, 0.5) is 10.5 Å². The first-order chi connectivity index (χ1) is 12.8. The lowest BCUT2D eigenvalue weighted by molar-refractivity contribution is 0.0894. The number of hydrogen-bond acceptors (Lipinski definition) is 5. The third-order valence-corrected chi connectivity index (χ3v) is 4.85. The van der Waals surface area contributed by atoms with Gasteiger partial charge in [-0.2, -0.15) is 4.98 Å². The Balaban J connectivity index is 1.39. The lowest BCUT2D eigenvalue weighted by atomic mass is 10.0. The molecule has 1 N–H and O–H groups in total. The highest BCUT2D eigenvalue weighted by molar-refractivity contribution is 5.89. The number of benzene rings is 1. The molecule has 2 heterocycles. The summed E-state index contributed by atoms with van der Waals surface area (Å²) < 4.78 is 10.9. The fraction of sp³-hybridized carbons (Fsp3) is 0.526. The van der Waals surface area contributed by atoms with Gasteiger partial charge >= 0.3 is 6.03 Å². The van der Waals surface area contributed by atoms with E-state index in [9.17, 15) is 4.79 Å². The molecule has 0 spiro atoms. The Morgan fingerprint density at radius 2 is 2.08 bits per heavy atom. The van der Waals surface area contributed by atoms with Gasteiger partial charge in [-0.1, -0.05) is 23.4 Å². The van der Waals surface area contributed by atoms with Crippen LogP contribution in [-0.2, 0) is 11.3 Å². The number of nitrogens with one attached hydrogen (secondary N) is 1. The average Bonchev–Trinajstić information content (AvgIpc) is 3.38. The smallest absolute Gasteiger partial charge is 0.322 e. The van der Waals surface area contributed by atoms with Crippen LogP contribution in [0.1, 0.15) is 49.9 Å². The predicted octanol–water partition coefficient (Wildman–Crippen LogP) is 3.76. The number of nitrogens with zero attached hydrogens (tertiary/aromatic N) is 3. The quantitative estimate of drug-likeness (QED) is 0.852. The van der Waals surface area contributed by atoms with E-state index >= 15 is 0 Å². The van der Waals surface area contributed by atoms with Crippen LogP contribution in [-0.4, -0.2) is 34.2 Å². The van der Waals surface area contributed by atoms with Crippen molar-refractivity contribution in [1.29, 1.82) is 0 Å². The number of likely N-dealkylation sites (tertiary alicyclic amines) is 1. The highest BCUT2D eigenvalue weighted by Gasteiger charge is 2.31. The first-order valence-corrected chi connectivity index (χ1v) is 9.32. The molecule has 1 saturated heterocycles. The molecule has 4 rings (SSSR count). The average molecular weight is 356 g/mol. The number of amides is 2. The highest BCUT2D eigenvalue weighted by Crippen LogP contribution is 2.31. The molecule has 0 radical (unpaired) electrons. The van der Waals surface area contributed by atoms with Crippen LogP contribution >= 0.6 is 0 Å². The Morgan fingerprint density at radius 1 is 1.23 bits per heavy atom. The van der Waals surface area contributed by atoms with Crippen LogP contribution in [0.25, 0.3) is 0 Å². The second kappa shape index (κ2) is 7.86. The number of hydrogen-bond donors (Lipinski definition) is 1. The molecule has 1 aromatic heterocycles. The Bertz CT molecular complexity index is 729. The Labute approximate surface area is 152 Å². The van der Waals surface area contributed by atoms with Crippen molar-refractivity contribution in [2.45, 2.75) is 44.8 Å². The van der Waals surface area contributed by atoms with Crippen molar-refractivity contribution >= 4 is 11.7 Å². The number of anilines is 1. The summed E-state index contributed by atoms with van der Waals surface area (Å²) in [6.45, 7) is 1.78. The molecule has 7 nitrogen and oxygen atoms in total. The molecule has 2 fully saturated rings. The lowest BCUT2D eigenvalue weighted by Crippen LogP contribution is -2.41. The minimum Gasteiger partial charge on any atom is -0.371 e. The minimum absolute atomic E-state index is 0.128. The molecular weight excluding hydrogens is 332 g/mol. The number of carbonyl (C=O) groups is 1. The van der Waals surface area contributed by atoms with E-state index in [0.29, 0.717) is 30.8 Å². The van der Waals surface area contributed by atoms with E-state index in [4.69, 9.17) is 9.26 Å². The van der Waals surface area contributed by atoms with Gasteiger partial charge in [-0.25, -0.2) is 4.79 Å². The Kier molecular flexibility index (Phi) is 5.15. The third kappa shape index (κ3) is 4.22. The molecule has 2 aliphatic rings. The standard InChI is InChI=1S/C19H24N4O3/c24-19(20-15-6-2-1-3-7-15)23-11-5-4-8-16(23)18-21-17(26-22-18)13-25-12-14-9-10-14/h1-3,6-7,14,16H,4-5,8-13H2,(H,20,24). The summed E-state index contributed by atoms with van der Waals surface area (Å²) in [6.07, 6.45) is 5.37.